The zero-order valence-corrected chi connectivity index (χ0v) is 9.49. The van der Waals surface area contributed by atoms with Gasteiger partial charge in [0.15, 0.2) is 6.29 Å². The van der Waals surface area contributed by atoms with Gasteiger partial charge in [0, 0.05) is 5.56 Å². The molecule has 17 heavy (non-hydrogen) atoms. The summed E-state index contributed by atoms with van der Waals surface area (Å²) in [4.78, 5) is 0. The summed E-state index contributed by atoms with van der Waals surface area (Å²) in [6.07, 6.45) is 0.541. The van der Waals surface area contributed by atoms with Gasteiger partial charge >= 0.3 is 0 Å². The minimum atomic E-state index is -0.307. The van der Waals surface area contributed by atoms with E-state index in [0.717, 1.165) is 12.0 Å². The third-order valence-electron chi connectivity index (χ3n) is 3.21. The summed E-state index contributed by atoms with van der Waals surface area (Å²) in [5.74, 6) is 0. The van der Waals surface area contributed by atoms with E-state index in [-0.39, 0.29) is 31.2 Å². The highest BCUT2D eigenvalue weighted by atomic mass is 16.7. The lowest BCUT2D eigenvalue weighted by atomic mass is 10.1. The van der Waals surface area contributed by atoms with E-state index in [2.05, 4.69) is 0 Å². The fraction of sp³-hybridized carbons (Fsp3) is 0.538. The van der Waals surface area contributed by atoms with Crippen molar-refractivity contribution in [3.8, 4) is 0 Å². The molecule has 0 radical (unpaired) electrons. The predicted octanol–water partition coefficient (Wildman–Crippen LogP) is 1.25. The maximum atomic E-state index is 8.98. The van der Waals surface area contributed by atoms with Gasteiger partial charge in [-0.25, -0.2) is 0 Å². The van der Waals surface area contributed by atoms with Gasteiger partial charge in [0.1, 0.15) is 12.2 Å². The van der Waals surface area contributed by atoms with Gasteiger partial charge in [-0.05, 0) is 6.42 Å². The van der Waals surface area contributed by atoms with E-state index in [1.807, 2.05) is 30.3 Å². The van der Waals surface area contributed by atoms with Crippen molar-refractivity contribution in [1.82, 2.24) is 0 Å². The molecule has 0 unspecified atom stereocenters. The van der Waals surface area contributed by atoms with Gasteiger partial charge in [-0.1, -0.05) is 30.3 Å². The Balaban J connectivity index is 1.64. The van der Waals surface area contributed by atoms with Crippen molar-refractivity contribution in [1.29, 1.82) is 0 Å². The summed E-state index contributed by atoms with van der Waals surface area (Å²) in [5, 5.41) is 8.98. The summed E-state index contributed by atoms with van der Waals surface area (Å²) >= 11 is 0. The summed E-state index contributed by atoms with van der Waals surface area (Å²) in [5.41, 5.74) is 1.03. The second kappa shape index (κ2) is 4.74. The van der Waals surface area contributed by atoms with Crippen LogP contribution < -0.4 is 0 Å². The Hall–Kier alpha value is -0.940. The molecule has 0 saturated carbocycles. The van der Waals surface area contributed by atoms with Gasteiger partial charge in [-0.3, -0.25) is 0 Å². The molecule has 1 aromatic carbocycles. The van der Waals surface area contributed by atoms with Gasteiger partial charge in [-0.15, -0.1) is 0 Å². The Kier molecular flexibility index (Phi) is 3.11. The van der Waals surface area contributed by atoms with Crippen molar-refractivity contribution in [3.05, 3.63) is 35.9 Å². The molecule has 4 nitrogen and oxygen atoms in total. The zero-order valence-electron chi connectivity index (χ0n) is 9.49. The third-order valence-corrected chi connectivity index (χ3v) is 3.21. The number of aliphatic hydroxyl groups is 1. The van der Waals surface area contributed by atoms with Gasteiger partial charge in [-0.2, -0.15) is 0 Å². The smallest absolute Gasteiger partial charge is 0.184 e. The number of ether oxygens (including phenoxy) is 3. The Labute approximate surface area is 100 Å². The molecule has 92 valence electrons. The second-order valence-electron chi connectivity index (χ2n) is 4.40. The van der Waals surface area contributed by atoms with E-state index in [0.29, 0.717) is 6.61 Å². The highest BCUT2D eigenvalue weighted by Gasteiger charge is 2.47. The molecule has 2 fully saturated rings. The quantitative estimate of drug-likeness (QED) is 0.802. The second-order valence-corrected chi connectivity index (χ2v) is 4.40. The first-order chi connectivity index (χ1) is 8.38. The van der Waals surface area contributed by atoms with Crippen LogP contribution in [0.5, 0.6) is 0 Å². The Morgan fingerprint density at radius 1 is 1.18 bits per heavy atom. The normalized spacial score (nSPS) is 36.8. The molecule has 0 aromatic heterocycles. The molecule has 2 heterocycles. The lowest BCUT2D eigenvalue weighted by Gasteiger charge is -2.29. The lowest BCUT2D eigenvalue weighted by molar-refractivity contribution is -0.221. The molecule has 1 aromatic rings. The lowest BCUT2D eigenvalue weighted by Crippen LogP contribution is -2.32. The van der Waals surface area contributed by atoms with E-state index >= 15 is 0 Å². The molecule has 4 heteroatoms. The molecule has 0 bridgehead atoms. The van der Waals surface area contributed by atoms with Crippen LogP contribution in [-0.2, 0) is 14.2 Å². The minimum absolute atomic E-state index is 0.0334. The molecule has 2 saturated heterocycles. The maximum Gasteiger partial charge on any atom is 0.184 e. The van der Waals surface area contributed by atoms with Crippen LogP contribution in [0.4, 0.5) is 0 Å². The molecule has 2 aliphatic heterocycles. The Bertz CT molecular complexity index is 367. The standard InChI is InChI=1S/C13H16O4/c14-8-11-12(16-11)10-6-7-15-13(17-10)9-4-2-1-3-5-9/h1-5,10-14H,6-8H2/t10-,11+,12+,13-/m0/s1. The van der Waals surface area contributed by atoms with Gasteiger partial charge in [0.05, 0.1) is 19.3 Å². The van der Waals surface area contributed by atoms with Crippen molar-refractivity contribution in [2.24, 2.45) is 0 Å². The van der Waals surface area contributed by atoms with E-state index in [1.54, 1.807) is 0 Å². The molecule has 2 aliphatic rings. The van der Waals surface area contributed by atoms with Crippen LogP contribution in [0.25, 0.3) is 0 Å². The summed E-state index contributed by atoms with van der Waals surface area (Å²) in [6.45, 7) is 0.740. The van der Waals surface area contributed by atoms with Crippen LogP contribution in [0.2, 0.25) is 0 Å². The number of hydrogen-bond acceptors (Lipinski definition) is 4. The number of benzene rings is 1. The Morgan fingerprint density at radius 2 is 2.00 bits per heavy atom. The van der Waals surface area contributed by atoms with Crippen LogP contribution in [-0.4, -0.2) is 36.6 Å². The average Bonchev–Trinajstić information content (AvgIpc) is 3.19. The van der Waals surface area contributed by atoms with Crippen LogP contribution in [0.15, 0.2) is 30.3 Å². The number of rotatable bonds is 3. The van der Waals surface area contributed by atoms with E-state index in [4.69, 9.17) is 19.3 Å². The van der Waals surface area contributed by atoms with Gasteiger partial charge in [0.2, 0.25) is 0 Å². The predicted molar refractivity (Wildman–Crippen MR) is 60.4 cm³/mol. The van der Waals surface area contributed by atoms with Crippen molar-refractivity contribution in [3.63, 3.8) is 0 Å². The van der Waals surface area contributed by atoms with Crippen molar-refractivity contribution in [2.45, 2.75) is 31.0 Å². The summed E-state index contributed by atoms with van der Waals surface area (Å²) < 4.78 is 16.8. The zero-order chi connectivity index (χ0) is 11.7. The van der Waals surface area contributed by atoms with Crippen LogP contribution in [0.3, 0.4) is 0 Å². The van der Waals surface area contributed by atoms with Crippen LogP contribution in [0.1, 0.15) is 18.3 Å². The molecule has 0 amide bonds. The van der Waals surface area contributed by atoms with Gasteiger partial charge < -0.3 is 19.3 Å². The van der Waals surface area contributed by atoms with Crippen LogP contribution >= 0.6 is 0 Å². The van der Waals surface area contributed by atoms with Crippen molar-refractivity contribution in [2.75, 3.05) is 13.2 Å². The van der Waals surface area contributed by atoms with Crippen LogP contribution in [0, 0.1) is 0 Å². The molecule has 0 aliphatic carbocycles. The monoisotopic (exact) mass is 236 g/mol. The maximum absolute atomic E-state index is 8.98. The SMILES string of the molecule is OC[C@H]1O[C@@H]1[C@@H]1CCO[C@H](c2ccccc2)O1. The fourth-order valence-electron chi connectivity index (χ4n) is 2.21. The van der Waals surface area contributed by atoms with Crippen molar-refractivity contribution < 1.29 is 19.3 Å². The first kappa shape index (κ1) is 11.2. The van der Waals surface area contributed by atoms with E-state index in [1.165, 1.54) is 0 Å². The molecular weight excluding hydrogens is 220 g/mol. The topological polar surface area (TPSA) is 51.2 Å². The Morgan fingerprint density at radius 3 is 2.71 bits per heavy atom. The highest BCUT2D eigenvalue weighted by molar-refractivity contribution is 5.16. The molecule has 3 rings (SSSR count). The fourth-order valence-corrected chi connectivity index (χ4v) is 2.21. The molecule has 1 N–H and O–H groups in total. The minimum Gasteiger partial charge on any atom is -0.394 e. The first-order valence-electron chi connectivity index (χ1n) is 5.97. The van der Waals surface area contributed by atoms with E-state index in [9.17, 15) is 0 Å². The molecular formula is C13H16O4. The number of aliphatic hydroxyl groups excluding tert-OH is 1. The third kappa shape index (κ3) is 2.35. The summed E-state index contributed by atoms with van der Waals surface area (Å²) in [6, 6.07) is 9.88. The summed E-state index contributed by atoms with van der Waals surface area (Å²) in [7, 11) is 0. The highest BCUT2D eigenvalue weighted by Crippen LogP contribution is 2.35. The van der Waals surface area contributed by atoms with Gasteiger partial charge in [0.25, 0.3) is 0 Å². The molecule has 4 atom stereocenters. The molecule has 0 spiro atoms. The largest absolute Gasteiger partial charge is 0.394 e. The number of hydrogen-bond donors (Lipinski definition) is 1. The van der Waals surface area contributed by atoms with E-state index < -0.39 is 0 Å². The number of epoxide rings is 1. The van der Waals surface area contributed by atoms with Crippen molar-refractivity contribution >= 4 is 0 Å². The first-order valence-corrected chi connectivity index (χ1v) is 5.97. The average molecular weight is 236 g/mol.